The fourth-order valence-corrected chi connectivity index (χ4v) is 4.92. The molecule has 0 spiro atoms. The molecular weight excluding hydrogens is 404 g/mol. The Bertz CT molecular complexity index is 1150. The zero-order chi connectivity index (χ0) is 22.2. The van der Waals surface area contributed by atoms with E-state index in [1.54, 1.807) is 28.9 Å². The van der Waals surface area contributed by atoms with Crippen molar-refractivity contribution in [3.8, 4) is 11.3 Å². The van der Waals surface area contributed by atoms with Crippen LogP contribution in [0.15, 0.2) is 36.7 Å². The van der Waals surface area contributed by atoms with E-state index in [0.29, 0.717) is 18.0 Å². The molecule has 2 aromatic heterocycles. The second-order valence-electron chi connectivity index (χ2n) is 8.84. The Labute approximate surface area is 187 Å². The maximum absolute atomic E-state index is 12.7. The van der Waals surface area contributed by atoms with Gasteiger partial charge in [0.25, 0.3) is 5.91 Å². The molecule has 0 radical (unpaired) electrons. The minimum atomic E-state index is 0.0601. The number of anilines is 1. The number of fused-ring (bicyclic) bond motifs is 1. The van der Waals surface area contributed by atoms with Gasteiger partial charge in [0.2, 0.25) is 5.91 Å². The van der Waals surface area contributed by atoms with Crippen molar-refractivity contribution in [2.45, 2.75) is 32.1 Å². The van der Waals surface area contributed by atoms with Gasteiger partial charge in [-0.2, -0.15) is 10.2 Å². The van der Waals surface area contributed by atoms with E-state index < -0.39 is 0 Å². The average Bonchev–Trinajstić information content (AvgIpc) is 3.45. The van der Waals surface area contributed by atoms with E-state index in [4.69, 9.17) is 0 Å². The lowest BCUT2D eigenvalue weighted by molar-refractivity contribution is -0.118. The summed E-state index contributed by atoms with van der Waals surface area (Å²) in [5, 5.41) is 11.7. The van der Waals surface area contributed by atoms with Crippen molar-refractivity contribution in [2.24, 2.45) is 13.0 Å². The minimum Gasteiger partial charge on any atom is -0.337 e. The third-order valence-corrected chi connectivity index (χ3v) is 6.87. The van der Waals surface area contributed by atoms with Gasteiger partial charge in [-0.3, -0.25) is 19.4 Å². The molecule has 2 amide bonds. The number of aromatic nitrogens is 4. The molecule has 1 saturated heterocycles. The van der Waals surface area contributed by atoms with Crippen molar-refractivity contribution in [1.82, 2.24) is 24.9 Å². The van der Waals surface area contributed by atoms with Crippen LogP contribution in [-0.4, -0.2) is 56.8 Å². The predicted molar refractivity (Wildman–Crippen MR) is 121 cm³/mol. The van der Waals surface area contributed by atoms with Gasteiger partial charge in [-0.15, -0.1) is 0 Å². The Hall–Kier alpha value is -3.42. The lowest BCUT2D eigenvalue weighted by Gasteiger charge is -2.32. The average molecular weight is 433 g/mol. The zero-order valence-corrected chi connectivity index (χ0v) is 18.5. The van der Waals surface area contributed by atoms with Crippen LogP contribution in [0.4, 0.5) is 5.69 Å². The van der Waals surface area contributed by atoms with E-state index in [2.05, 4.69) is 27.4 Å². The highest BCUT2D eigenvalue weighted by Gasteiger charge is 2.27. The Morgan fingerprint density at radius 3 is 2.72 bits per heavy atom. The van der Waals surface area contributed by atoms with Gasteiger partial charge in [-0.1, -0.05) is 6.07 Å². The Balaban J connectivity index is 1.26. The number of carbonyl (C=O) groups excluding carboxylic acids is 2. The number of benzene rings is 1. The summed E-state index contributed by atoms with van der Waals surface area (Å²) in [6, 6.07) is 8.04. The molecule has 2 aliphatic heterocycles. The first-order valence-electron chi connectivity index (χ1n) is 11.2. The van der Waals surface area contributed by atoms with E-state index >= 15 is 0 Å². The van der Waals surface area contributed by atoms with Gasteiger partial charge in [0.1, 0.15) is 5.69 Å². The summed E-state index contributed by atoms with van der Waals surface area (Å²) in [4.78, 5) is 28.4. The smallest absolute Gasteiger partial charge is 0.272 e. The number of H-pyrrole nitrogens is 1. The topological polar surface area (TPSA) is 87.1 Å². The van der Waals surface area contributed by atoms with Crippen molar-refractivity contribution in [3.05, 3.63) is 53.5 Å². The number of amides is 2. The van der Waals surface area contributed by atoms with Crippen LogP contribution < -0.4 is 4.90 Å². The molecule has 1 N–H and O–H groups in total. The van der Waals surface area contributed by atoms with E-state index in [-0.39, 0.29) is 11.8 Å². The van der Waals surface area contributed by atoms with E-state index in [1.807, 2.05) is 24.2 Å². The lowest BCUT2D eigenvalue weighted by Crippen LogP contribution is -2.39. The van der Waals surface area contributed by atoms with Crippen molar-refractivity contribution >= 4 is 17.5 Å². The maximum Gasteiger partial charge on any atom is 0.272 e. The highest BCUT2D eigenvalue weighted by atomic mass is 16.2. The molecule has 4 heterocycles. The number of nitrogens with zero attached hydrogens (tertiary/aromatic N) is 5. The van der Waals surface area contributed by atoms with Crippen LogP contribution in [0, 0.1) is 5.92 Å². The molecule has 166 valence electrons. The summed E-state index contributed by atoms with van der Waals surface area (Å²) in [6.45, 7) is 1.53. The van der Waals surface area contributed by atoms with Gasteiger partial charge in [-0.25, -0.2) is 0 Å². The summed E-state index contributed by atoms with van der Waals surface area (Å²) < 4.78 is 1.64. The number of rotatable bonds is 4. The maximum atomic E-state index is 12.7. The number of hydrogen-bond acceptors (Lipinski definition) is 4. The monoisotopic (exact) mass is 432 g/mol. The SMILES string of the molecule is CN1C(=O)CCc2cc(-c3n[nH]cc3CC3CCN(C(=O)c4ccnn4C)CC3)ccc21. The van der Waals surface area contributed by atoms with Crippen LogP contribution in [-0.2, 0) is 24.7 Å². The van der Waals surface area contributed by atoms with Crippen LogP contribution in [0.1, 0.15) is 40.9 Å². The third-order valence-electron chi connectivity index (χ3n) is 6.87. The Morgan fingerprint density at radius 1 is 1.16 bits per heavy atom. The molecule has 0 unspecified atom stereocenters. The predicted octanol–water partition coefficient (Wildman–Crippen LogP) is 2.81. The van der Waals surface area contributed by atoms with Crippen molar-refractivity contribution in [1.29, 1.82) is 0 Å². The number of piperidine rings is 1. The fraction of sp³-hybridized carbons (Fsp3) is 0.417. The number of likely N-dealkylation sites (tertiary alicyclic amines) is 1. The molecule has 0 aliphatic carbocycles. The fourth-order valence-electron chi connectivity index (χ4n) is 4.92. The number of aromatic amines is 1. The molecule has 5 rings (SSSR count). The molecule has 3 aromatic rings. The minimum absolute atomic E-state index is 0.0601. The van der Waals surface area contributed by atoms with Crippen LogP contribution in [0.25, 0.3) is 11.3 Å². The van der Waals surface area contributed by atoms with E-state index in [0.717, 1.165) is 55.7 Å². The molecule has 2 aliphatic rings. The number of hydrogen-bond donors (Lipinski definition) is 1. The summed E-state index contributed by atoms with van der Waals surface area (Å²) >= 11 is 0. The number of carbonyl (C=O) groups is 2. The van der Waals surface area contributed by atoms with Gasteiger partial charge in [0.15, 0.2) is 0 Å². The summed E-state index contributed by atoms with van der Waals surface area (Å²) in [5.41, 5.74) is 6.11. The van der Waals surface area contributed by atoms with Gasteiger partial charge >= 0.3 is 0 Å². The van der Waals surface area contributed by atoms with E-state index in [9.17, 15) is 9.59 Å². The number of nitrogens with one attached hydrogen (secondary N) is 1. The molecule has 0 bridgehead atoms. The van der Waals surface area contributed by atoms with Crippen LogP contribution in [0.2, 0.25) is 0 Å². The molecule has 0 atom stereocenters. The molecule has 32 heavy (non-hydrogen) atoms. The summed E-state index contributed by atoms with van der Waals surface area (Å²) in [7, 11) is 3.64. The second kappa shape index (κ2) is 8.26. The normalized spacial score (nSPS) is 17.0. The molecular formula is C24H28N6O2. The number of aryl methyl sites for hydroxylation is 2. The molecule has 1 fully saturated rings. The first kappa shape index (κ1) is 20.5. The second-order valence-corrected chi connectivity index (χ2v) is 8.84. The lowest BCUT2D eigenvalue weighted by atomic mass is 9.89. The van der Waals surface area contributed by atoms with Crippen molar-refractivity contribution < 1.29 is 9.59 Å². The van der Waals surface area contributed by atoms with E-state index in [1.165, 1.54) is 11.1 Å². The Kier molecular flexibility index (Phi) is 5.28. The van der Waals surface area contributed by atoms with Crippen LogP contribution >= 0.6 is 0 Å². The summed E-state index contributed by atoms with van der Waals surface area (Å²) in [5.74, 6) is 0.743. The first-order chi connectivity index (χ1) is 15.5. The van der Waals surface area contributed by atoms with Gasteiger partial charge in [-0.05, 0) is 60.9 Å². The zero-order valence-electron chi connectivity index (χ0n) is 18.5. The first-order valence-corrected chi connectivity index (χ1v) is 11.2. The largest absolute Gasteiger partial charge is 0.337 e. The van der Waals surface area contributed by atoms with Crippen molar-refractivity contribution in [3.63, 3.8) is 0 Å². The van der Waals surface area contributed by atoms with Crippen molar-refractivity contribution in [2.75, 3.05) is 25.0 Å². The highest BCUT2D eigenvalue weighted by Crippen LogP contribution is 2.33. The van der Waals surface area contributed by atoms with Gasteiger partial charge in [0.05, 0.1) is 5.69 Å². The Morgan fingerprint density at radius 2 is 1.97 bits per heavy atom. The molecule has 8 heteroatoms. The van der Waals surface area contributed by atoms with Crippen LogP contribution in [0.3, 0.4) is 0 Å². The summed E-state index contributed by atoms with van der Waals surface area (Å²) in [6.07, 6.45) is 7.88. The highest BCUT2D eigenvalue weighted by molar-refractivity contribution is 5.96. The third kappa shape index (κ3) is 3.70. The van der Waals surface area contributed by atoms with Gasteiger partial charge in [0, 0.05) is 57.3 Å². The van der Waals surface area contributed by atoms with Gasteiger partial charge < -0.3 is 9.80 Å². The quantitative estimate of drug-likeness (QED) is 0.687. The van der Waals surface area contributed by atoms with Crippen LogP contribution in [0.5, 0.6) is 0 Å². The standard InChI is InChI=1S/C24H28N6O2/c1-28-20-5-3-18(14-17(20)4-6-22(28)31)23-19(15-25-27-23)13-16-8-11-30(12-9-16)24(32)21-7-10-26-29(21)2/h3,5,7,10,14-16H,4,6,8-9,11-13H2,1-2H3,(H,25,27). The molecule has 8 nitrogen and oxygen atoms in total. The molecule has 1 aromatic carbocycles. The molecule has 0 saturated carbocycles.